The summed E-state index contributed by atoms with van der Waals surface area (Å²) in [6, 6.07) is 5.96. The van der Waals surface area contributed by atoms with Gasteiger partial charge < -0.3 is 20.3 Å². The highest BCUT2D eigenvalue weighted by Crippen LogP contribution is 2.29. The normalized spacial score (nSPS) is 21.9. The van der Waals surface area contributed by atoms with Crippen LogP contribution in [0.4, 0.5) is 4.79 Å². The highest BCUT2D eigenvalue weighted by molar-refractivity contribution is 9.10. The van der Waals surface area contributed by atoms with E-state index in [-0.39, 0.29) is 6.03 Å². The van der Waals surface area contributed by atoms with Crippen LogP contribution in [0.3, 0.4) is 0 Å². The second-order valence-electron chi connectivity index (χ2n) is 7.67. The predicted octanol–water partition coefficient (Wildman–Crippen LogP) is 3.50. The number of nitrogens with two attached hydrogens (primary N) is 1. The summed E-state index contributed by atoms with van der Waals surface area (Å²) >= 11 is 3.67. The first-order valence-electron chi connectivity index (χ1n) is 9.64. The molecule has 5 nitrogen and oxygen atoms in total. The van der Waals surface area contributed by atoms with Crippen LogP contribution in [0.15, 0.2) is 22.7 Å². The molecule has 2 N–H and O–H groups in total. The summed E-state index contributed by atoms with van der Waals surface area (Å²) in [5.41, 5.74) is 6.70. The van der Waals surface area contributed by atoms with E-state index >= 15 is 0 Å². The van der Waals surface area contributed by atoms with Gasteiger partial charge in [-0.2, -0.15) is 0 Å². The van der Waals surface area contributed by atoms with Crippen LogP contribution in [0.5, 0.6) is 5.75 Å². The number of methoxy groups -OCH3 is 1. The molecule has 0 bridgehead atoms. The van der Waals surface area contributed by atoms with Crippen LogP contribution in [-0.2, 0) is 6.42 Å². The number of hydrogen-bond donors (Lipinski definition) is 1. The summed E-state index contributed by atoms with van der Waals surface area (Å²) in [6.45, 7) is 5.21. The zero-order valence-corrected chi connectivity index (χ0v) is 17.2. The zero-order chi connectivity index (χ0) is 18.5. The van der Waals surface area contributed by atoms with Crippen LogP contribution in [0, 0.1) is 11.8 Å². The number of benzene rings is 1. The minimum atomic E-state index is -0.269. The van der Waals surface area contributed by atoms with Crippen LogP contribution in [0.1, 0.15) is 31.2 Å². The monoisotopic (exact) mass is 423 g/mol. The number of piperidine rings is 1. The molecule has 2 fully saturated rings. The second kappa shape index (κ2) is 9.09. The summed E-state index contributed by atoms with van der Waals surface area (Å²) in [5, 5.41) is 0. The fraction of sp³-hybridized carbons (Fsp3) is 0.650. The predicted molar refractivity (Wildman–Crippen MR) is 107 cm³/mol. The molecular weight excluding hydrogens is 394 g/mol. The number of carbonyl (C=O) groups excluding carboxylic acids is 1. The molecule has 2 heterocycles. The molecule has 6 heteroatoms. The van der Waals surface area contributed by atoms with Crippen molar-refractivity contribution in [3.63, 3.8) is 0 Å². The molecule has 0 saturated carbocycles. The fourth-order valence-corrected chi connectivity index (χ4v) is 4.64. The molecular formula is C20H30BrN3O2. The van der Waals surface area contributed by atoms with Gasteiger partial charge in [0.25, 0.3) is 0 Å². The van der Waals surface area contributed by atoms with Gasteiger partial charge in [0.05, 0.1) is 7.11 Å². The van der Waals surface area contributed by atoms with Gasteiger partial charge in [-0.25, -0.2) is 4.79 Å². The third-order valence-electron chi connectivity index (χ3n) is 5.91. The van der Waals surface area contributed by atoms with Crippen molar-refractivity contribution in [3.05, 3.63) is 28.2 Å². The standard InChI is InChI=1S/C20H30BrN3O2/c1-26-18-2-3-19(21)17(13-18)12-16-5-9-23(14-16)8-4-15-6-10-24(11-7-15)20(22)25/h2-3,13,15-16H,4-12,14H2,1H3,(H2,22,25). The number of amides is 2. The van der Waals surface area contributed by atoms with Gasteiger partial charge in [0, 0.05) is 24.1 Å². The minimum Gasteiger partial charge on any atom is -0.497 e. The van der Waals surface area contributed by atoms with Crippen LogP contribution < -0.4 is 10.5 Å². The molecule has 1 unspecified atom stereocenters. The number of halogens is 1. The third kappa shape index (κ3) is 5.13. The molecule has 2 saturated heterocycles. The molecule has 1 atom stereocenters. The lowest BCUT2D eigenvalue weighted by Gasteiger charge is -2.31. The molecule has 0 radical (unpaired) electrons. The van der Waals surface area contributed by atoms with Crippen molar-refractivity contribution in [2.75, 3.05) is 39.8 Å². The lowest BCUT2D eigenvalue weighted by Crippen LogP contribution is -2.42. The Hall–Kier alpha value is -1.27. The zero-order valence-electron chi connectivity index (χ0n) is 15.6. The minimum absolute atomic E-state index is 0.269. The highest BCUT2D eigenvalue weighted by atomic mass is 79.9. The maximum Gasteiger partial charge on any atom is 0.314 e. The van der Waals surface area contributed by atoms with Gasteiger partial charge in [0.2, 0.25) is 0 Å². The first kappa shape index (κ1) is 19.5. The molecule has 26 heavy (non-hydrogen) atoms. The summed E-state index contributed by atoms with van der Waals surface area (Å²) in [7, 11) is 1.72. The fourth-order valence-electron chi connectivity index (χ4n) is 4.24. The highest BCUT2D eigenvalue weighted by Gasteiger charge is 2.26. The Bertz CT molecular complexity index is 617. The van der Waals surface area contributed by atoms with Crippen LogP contribution >= 0.6 is 15.9 Å². The molecule has 1 aromatic carbocycles. The molecule has 0 aromatic heterocycles. The molecule has 0 aliphatic carbocycles. The smallest absolute Gasteiger partial charge is 0.314 e. The van der Waals surface area contributed by atoms with Crippen molar-refractivity contribution in [1.29, 1.82) is 0 Å². The Morgan fingerprint density at radius 2 is 1.96 bits per heavy atom. The number of ether oxygens (including phenoxy) is 1. The molecule has 1 aromatic rings. The van der Waals surface area contributed by atoms with E-state index in [4.69, 9.17) is 10.5 Å². The summed E-state index contributed by atoms with van der Waals surface area (Å²) in [5.74, 6) is 2.38. The largest absolute Gasteiger partial charge is 0.497 e. The lowest BCUT2D eigenvalue weighted by molar-refractivity contribution is 0.170. The molecule has 2 amide bonds. The Morgan fingerprint density at radius 1 is 1.23 bits per heavy atom. The van der Waals surface area contributed by atoms with E-state index in [1.165, 1.54) is 42.5 Å². The third-order valence-corrected chi connectivity index (χ3v) is 6.68. The van der Waals surface area contributed by atoms with Gasteiger partial charge in [0.15, 0.2) is 0 Å². The van der Waals surface area contributed by atoms with Gasteiger partial charge in [-0.1, -0.05) is 15.9 Å². The van der Waals surface area contributed by atoms with Gasteiger partial charge in [-0.3, -0.25) is 0 Å². The van der Waals surface area contributed by atoms with Gasteiger partial charge in [-0.05, 0) is 80.8 Å². The Balaban J connectivity index is 1.41. The first-order valence-corrected chi connectivity index (χ1v) is 10.4. The van der Waals surface area contributed by atoms with Gasteiger partial charge in [-0.15, -0.1) is 0 Å². The number of primary amides is 1. The molecule has 3 rings (SSSR count). The SMILES string of the molecule is COc1ccc(Br)c(CC2CCN(CCC3CCN(C(N)=O)CC3)C2)c1. The molecule has 2 aliphatic rings. The second-order valence-corrected chi connectivity index (χ2v) is 8.53. The van der Waals surface area contributed by atoms with Crippen molar-refractivity contribution >= 4 is 22.0 Å². The van der Waals surface area contributed by atoms with Crippen molar-refractivity contribution in [3.8, 4) is 5.75 Å². The van der Waals surface area contributed by atoms with Gasteiger partial charge >= 0.3 is 6.03 Å². The van der Waals surface area contributed by atoms with E-state index < -0.39 is 0 Å². The number of hydrogen-bond acceptors (Lipinski definition) is 3. The van der Waals surface area contributed by atoms with E-state index in [2.05, 4.69) is 33.0 Å². The average molecular weight is 424 g/mol. The van der Waals surface area contributed by atoms with E-state index in [9.17, 15) is 4.79 Å². The molecule has 0 spiro atoms. The summed E-state index contributed by atoms with van der Waals surface area (Å²) < 4.78 is 6.54. The van der Waals surface area contributed by atoms with Crippen LogP contribution in [0.2, 0.25) is 0 Å². The summed E-state index contributed by atoms with van der Waals surface area (Å²) in [4.78, 5) is 15.6. The van der Waals surface area contributed by atoms with E-state index in [0.717, 1.165) is 49.9 Å². The topological polar surface area (TPSA) is 58.8 Å². The average Bonchev–Trinajstić information content (AvgIpc) is 3.09. The number of urea groups is 1. The molecule has 2 aliphatic heterocycles. The van der Waals surface area contributed by atoms with Crippen molar-refractivity contribution in [2.45, 2.75) is 32.1 Å². The van der Waals surface area contributed by atoms with Crippen molar-refractivity contribution in [1.82, 2.24) is 9.80 Å². The molecule has 144 valence electrons. The number of carbonyl (C=O) groups is 1. The quantitative estimate of drug-likeness (QED) is 0.761. The van der Waals surface area contributed by atoms with Crippen LogP contribution in [0.25, 0.3) is 0 Å². The van der Waals surface area contributed by atoms with Gasteiger partial charge in [0.1, 0.15) is 5.75 Å². The number of rotatable bonds is 6. The number of likely N-dealkylation sites (tertiary alicyclic amines) is 2. The van der Waals surface area contributed by atoms with E-state index in [1.807, 2.05) is 6.07 Å². The lowest BCUT2D eigenvalue weighted by atomic mass is 9.93. The first-order chi connectivity index (χ1) is 12.5. The van der Waals surface area contributed by atoms with Crippen molar-refractivity contribution < 1.29 is 9.53 Å². The summed E-state index contributed by atoms with van der Waals surface area (Å²) in [6.07, 6.45) is 5.80. The number of nitrogens with zero attached hydrogens (tertiary/aromatic N) is 2. The van der Waals surface area contributed by atoms with E-state index in [0.29, 0.717) is 0 Å². The Morgan fingerprint density at radius 3 is 2.65 bits per heavy atom. The van der Waals surface area contributed by atoms with Crippen LogP contribution in [-0.4, -0.2) is 55.7 Å². The maximum absolute atomic E-state index is 11.2. The maximum atomic E-state index is 11.2. The Kier molecular flexibility index (Phi) is 6.81. The van der Waals surface area contributed by atoms with Crippen molar-refractivity contribution in [2.24, 2.45) is 17.6 Å². The van der Waals surface area contributed by atoms with E-state index in [1.54, 1.807) is 12.0 Å². The Labute approximate surface area is 165 Å².